The van der Waals surface area contributed by atoms with Crippen molar-refractivity contribution in [2.45, 2.75) is 94.9 Å². The molecule has 0 radical (unpaired) electrons. The molecule has 0 heterocycles. The molecule has 0 saturated heterocycles. The van der Waals surface area contributed by atoms with E-state index in [2.05, 4.69) is 136 Å². The van der Waals surface area contributed by atoms with Gasteiger partial charge in [-0.15, -0.1) is 0 Å². The molecule has 1 aromatic carbocycles. The van der Waals surface area contributed by atoms with E-state index in [1.54, 1.807) is 0 Å². The van der Waals surface area contributed by atoms with Gasteiger partial charge in [0.15, 0.2) is 0 Å². The molecule has 0 aromatic heterocycles. The Labute approximate surface area is 210 Å². The fourth-order valence-corrected chi connectivity index (χ4v) is 4.31. The highest BCUT2D eigenvalue weighted by molar-refractivity contribution is 6.17. The van der Waals surface area contributed by atoms with Crippen LogP contribution in [0.1, 0.15) is 101 Å². The SMILES string of the molecule is C/C=C(\C=C(/CC)C(C)(C)C)C(C)(C)C.CC1(C)/C=C\C=C(/NCl)c2ccccc2C1(C)C. The number of hydrogen-bond acceptors (Lipinski definition) is 1. The van der Waals surface area contributed by atoms with Crippen LogP contribution in [0.2, 0.25) is 0 Å². The van der Waals surface area contributed by atoms with Crippen LogP contribution in [-0.2, 0) is 5.41 Å². The molecule has 184 valence electrons. The first-order chi connectivity index (χ1) is 15.0. The lowest BCUT2D eigenvalue weighted by Crippen LogP contribution is -2.36. The molecule has 1 aromatic rings. The number of hydrogen-bond donors (Lipinski definition) is 1. The third kappa shape index (κ3) is 7.38. The summed E-state index contributed by atoms with van der Waals surface area (Å²) in [6, 6.07) is 8.45. The highest BCUT2D eigenvalue weighted by atomic mass is 35.5. The topological polar surface area (TPSA) is 12.0 Å². The van der Waals surface area contributed by atoms with Crippen LogP contribution in [0, 0.1) is 16.2 Å². The molecule has 0 saturated carbocycles. The minimum absolute atomic E-state index is 0.0351. The van der Waals surface area contributed by atoms with Gasteiger partial charge in [0.1, 0.15) is 0 Å². The van der Waals surface area contributed by atoms with Gasteiger partial charge in [0.25, 0.3) is 0 Å². The van der Waals surface area contributed by atoms with Crippen molar-refractivity contribution in [3.63, 3.8) is 0 Å². The Morgan fingerprint density at radius 3 is 2.00 bits per heavy atom. The van der Waals surface area contributed by atoms with E-state index >= 15 is 0 Å². The van der Waals surface area contributed by atoms with Crippen LogP contribution in [-0.4, -0.2) is 0 Å². The van der Waals surface area contributed by atoms with Crippen LogP contribution in [0.5, 0.6) is 0 Å². The normalized spacial score (nSPS) is 20.8. The molecular formula is C31H48ClN. The van der Waals surface area contributed by atoms with Crippen LogP contribution in [0.25, 0.3) is 5.70 Å². The van der Waals surface area contributed by atoms with Crippen molar-refractivity contribution >= 4 is 17.5 Å². The number of fused-ring (bicyclic) bond motifs is 1. The van der Waals surface area contributed by atoms with E-state index in [4.69, 9.17) is 11.8 Å². The van der Waals surface area contributed by atoms with E-state index < -0.39 is 0 Å². The molecule has 1 N–H and O–H groups in total. The molecule has 1 aliphatic rings. The van der Waals surface area contributed by atoms with Gasteiger partial charge in [-0.3, -0.25) is 4.84 Å². The second-order valence-corrected chi connectivity index (χ2v) is 12.4. The van der Waals surface area contributed by atoms with Crippen LogP contribution >= 0.6 is 11.8 Å². The Morgan fingerprint density at radius 1 is 0.970 bits per heavy atom. The molecule has 0 amide bonds. The van der Waals surface area contributed by atoms with E-state index in [1.165, 1.54) is 22.3 Å². The van der Waals surface area contributed by atoms with Gasteiger partial charge in [-0.05, 0) is 52.2 Å². The second kappa shape index (κ2) is 11.1. The maximum atomic E-state index is 5.85. The lowest BCUT2D eigenvalue weighted by atomic mass is 9.62. The molecule has 0 bridgehead atoms. The maximum Gasteiger partial charge on any atom is 0.0566 e. The first kappa shape index (κ1) is 29.3. The fourth-order valence-electron chi connectivity index (χ4n) is 4.14. The minimum atomic E-state index is 0.0351. The summed E-state index contributed by atoms with van der Waals surface area (Å²) in [7, 11) is 0. The lowest BCUT2D eigenvalue weighted by Gasteiger charge is -2.42. The van der Waals surface area contributed by atoms with Crippen molar-refractivity contribution in [1.29, 1.82) is 0 Å². The van der Waals surface area contributed by atoms with E-state index in [1.807, 2.05) is 6.08 Å². The van der Waals surface area contributed by atoms with Gasteiger partial charge >= 0.3 is 0 Å². The summed E-state index contributed by atoms with van der Waals surface area (Å²) < 4.78 is 0. The maximum absolute atomic E-state index is 5.85. The summed E-state index contributed by atoms with van der Waals surface area (Å²) in [6.07, 6.45) is 12.1. The van der Waals surface area contributed by atoms with Crippen molar-refractivity contribution in [2.24, 2.45) is 16.2 Å². The number of halogens is 1. The van der Waals surface area contributed by atoms with Crippen molar-refractivity contribution < 1.29 is 0 Å². The zero-order valence-corrected chi connectivity index (χ0v) is 24.0. The summed E-state index contributed by atoms with van der Waals surface area (Å²) in [5, 5.41) is 0. The average molecular weight is 470 g/mol. The van der Waals surface area contributed by atoms with E-state index in [9.17, 15) is 0 Å². The zero-order valence-electron chi connectivity index (χ0n) is 23.3. The third-order valence-corrected chi connectivity index (χ3v) is 7.43. The molecule has 2 heteroatoms. The van der Waals surface area contributed by atoms with Gasteiger partial charge in [-0.25, -0.2) is 0 Å². The molecule has 0 atom stereocenters. The van der Waals surface area contributed by atoms with Gasteiger partial charge in [0.05, 0.1) is 5.70 Å². The average Bonchev–Trinajstić information content (AvgIpc) is 2.69. The molecule has 1 nitrogen and oxygen atoms in total. The molecule has 0 aliphatic heterocycles. The summed E-state index contributed by atoms with van der Waals surface area (Å²) in [5.74, 6) is 0. The van der Waals surface area contributed by atoms with Gasteiger partial charge in [-0.1, -0.05) is 130 Å². The molecule has 2 rings (SSSR count). The summed E-state index contributed by atoms with van der Waals surface area (Å²) in [5.41, 5.74) is 7.07. The van der Waals surface area contributed by atoms with Crippen LogP contribution in [0.15, 0.2) is 65.8 Å². The van der Waals surface area contributed by atoms with Gasteiger partial charge in [-0.2, -0.15) is 0 Å². The number of rotatable bonds is 3. The first-order valence-corrected chi connectivity index (χ1v) is 12.6. The predicted molar refractivity (Wildman–Crippen MR) is 150 cm³/mol. The lowest BCUT2D eigenvalue weighted by molar-refractivity contribution is 0.267. The molecule has 0 unspecified atom stereocenters. The number of allylic oxidation sites excluding steroid dienone is 7. The van der Waals surface area contributed by atoms with Crippen LogP contribution < -0.4 is 4.84 Å². The van der Waals surface area contributed by atoms with E-state index in [0.717, 1.165) is 12.1 Å². The monoisotopic (exact) mass is 469 g/mol. The van der Waals surface area contributed by atoms with Crippen molar-refractivity contribution in [3.8, 4) is 0 Å². The highest BCUT2D eigenvalue weighted by Crippen LogP contribution is 2.45. The Hall–Kier alpha value is -1.73. The largest absolute Gasteiger partial charge is 0.298 e. The van der Waals surface area contributed by atoms with Gasteiger partial charge in [0.2, 0.25) is 0 Å². The first-order valence-electron chi connectivity index (χ1n) is 12.3. The quantitative estimate of drug-likeness (QED) is 0.343. The Morgan fingerprint density at radius 2 is 1.55 bits per heavy atom. The Bertz CT molecular complexity index is 909. The van der Waals surface area contributed by atoms with Gasteiger partial charge in [0, 0.05) is 17.3 Å². The number of benzene rings is 1. The Balaban J connectivity index is 0.000000337. The Kier molecular flexibility index (Phi) is 9.88. The molecule has 0 fully saturated rings. The smallest absolute Gasteiger partial charge is 0.0566 e. The summed E-state index contributed by atoms with van der Waals surface area (Å²) >= 11 is 5.85. The molecule has 33 heavy (non-hydrogen) atoms. The third-order valence-electron chi connectivity index (χ3n) is 7.23. The summed E-state index contributed by atoms with van der Waals surface area (Å²) in [4.78, 5) is 2.78. The number of nitrogens with one attached hydrogen (secondary N) is 1. The van der Waals surface area contributed by atoms with Crippen LogP contribution in [0.4, 0.5) is 0 Å². The second-order valence-electron chi connectivity index (χ2n) is 12.2. The van der Waals surface area contributed by atoms with E-state index in [-0.39, 0.29) is 21.7 Å². The van der Waals surface area contributed by atoms with E-state index in [0.29, 0.717) is 0 Å². The molecule has 0 spiro atoms. The van der Waals surface area contributed by atoms with Crippen molar-refractivity contribution in [3.05, 3.63) is 76.9 Å². The van der Waals surface area contributed by atoms with Crippen LogP contribution in [0.3, 0.4) is 0 Å². The molecule has 1 aliphatic carbocycles. The van der Waals surface area contributed by atoms with Crippen molar-refractivity contribution in [1.82, 2.24) is 4.84 Å². The minimum Gasteiger partial charge on any atom is -0.298 e. The standard InChI is InChI=1S/C16H20ClN.C15H28/c1-15(2)11-7-10-14(18-17)12-8-5-6-9-13(12)16(15,3)4;1-9-12(14(3,4)5)11-13(10-2)15(6,7)8/h5-11,18H,1-4H3;9,11H,10H2,1-8H3/b11-7-,14-10-;12-9+,13-11+. The zero-order chi connectivity index (χ0) is 25.7. The van der Waals surface area contributed by atoms with Gasteiger partial charge < -0.3 is 0 Å². The molecular weight excluding hydrogens is 422 g/mol. The predicted octanol–water partition coefficient (Wildman–Crippen LogP) is 10.0. The fraction of sp³-hybridized carbons (Fsp3) is 0.548. The summed E-state index contributed by atoms with van der Waals surface area (Å²) in [6.45, 7) is 27.2. The van der Waals surface area contributed by atoms with Crippen molar-refractivity contribution in [2.75, 3.05) is 0 Å². The highest BCUT2D eigenvalue weighted by Gasteiger charge is 2.38.